The zero-order valence-electron chi connectivity index (χ0n) is 15.5. The van der Waals surface area contributed by atoms with Gasteiger partial charge in [0.15, 0.2) is 0 Å². The van der Waals surface area contributed by atoms with Gasteiger partial charge in [-0.2, -0.15) is 0 Å². The Bertz CT molecular complexity index is 816. The Morgan fingerprint density at radius 2 is 1.89 bits per heavy atom. The van der Waals surface area contributed by atoms with Crippen LogP contribution in [0.3, 0.4) is 0 Å². The Kier molecular flexibility index (Phi) is 5.39. The third kappa shape index (κ3) is 4.30. The summed E-state index contributed by atoms with van der Waals surface area (Å²) in [6, 6.07) is 13.0. The van der Waals surface area contributed by atoms with Crippen LogP contribution in [0.4, 0.5) is 4.39 Å². The lowest BCUT2D eigenvalue weighted by molar-refractivity contribution is -0.132. The van der Waals surface area contributed by atoms with Crippen molar-refractivity contribution in [2.75, 3.05) is 39.3 Å². The van der Waals surface area contributed by atoms with Crippen molar-refractivity contribution in [2.24, 2.45) is 0 Å². The van der Waals surface area contributed by atoms with Crippen molar-refractivity contribution in [3.8, 4) is 5.75 Å². The minimum Gasteiger partial charge on any atom is -0.493 e. The van der Waals surface area contributed by atoms with Gasteiger partial charge in [-0.1, -0.05) is 30.3 Å². The zero-order chi connectivity index (χ0) is 18.6. The number of carbonyl (C=O) groups is 1. The first-order valence-electron chi connectivity index (χ1n) is 9.67. The Hall–Kier alpha value is -2.40. The largest absolute Gasteiger partial charge is 0.493 e. The van der Waals surface area contributed by atoms with Gasteiger partial charge in [-0.3, -0.25) is 9.69 Å². The number of halogens is 1. The van der Waals surface area contributed by atoms with E-state index < -0.39 is 0 Å². The first-order valence-corrected chi connectivity index (χ1v) is 9.67. The minimum atomic E-state index is -0.302. The molecule has 2 aliphatic heterocycles. The standard InChI is InChI=1S/C22H25FN2O2/c23-20-4-2-1-3-18(20)16-22(26)25-12-10-24(11-13-25)9-7-17-5-6-21-19(15-17)8-14-27-21/h1-6,15H,7-14,16H2. The van der Waals surface area contributed by atoms with Crippen LogP contribution in [0.5, 0.6) is 5.75 Å². The van der Waals surface area contributed by atoms with Gasteiger partial charge < -0.3 is 9.64 Å². The summed E-state index contributed by atoms with van der Waals surface area (Å²) >= 11 is 0. The third-order valence-corrected chi connectivity index (χ3v) is 5.50. The van der Waals surface area contributed by atoms with E-state index in [1.165, 1.54) is 17.2 Å². The Balaban J connectivity index is 1.24. The van der Waals surface area contributed by atoms with Crippen LogP contribution in [-0.4, -0.2) is 55.0 Å². The summed E-state index contributed by atoms with van der Waals surface area (Å²) in [5.41, 5.74) is 3.14. The quantitative estimate of drug-likeness (QED) is 0.814. The molecule has 1 amide bonds. The maximum absolute atomic E-state index is 13.7. The monoisotopic (exact) mass is 368 g/mol. The summed E-state index contributed by atoms with van der Waals surface area (Å²) in [4.78, 5) is 16.7. The molecule has 142 valence electrons. The van der Waals surface area contributed by atoms with Crippen LogP contribution in [0.15, 0.2) is 42.5 Å². The SMILES string of the molecule is O=C(Cc1ccccc1F)N1CCN(CCc2ccc3c(c2)CCO3)CC1. The molecule has 0 N–H and O–H groups in total. The molecular formula is C22H25FN2O2. The maximum Gasteiger partial charge on any atom is 0.227 e. The van der Waals surface area contributed by atoms with Crippen molar-refractivity contribution in [3.63, 3.8) is 0 Å². The van der Waals surface area contributed by atoms with Gasteiger partial charge in [0.2, 0.25) is 5.91 Å². The van der Waals surface area contributed by atoms with Gasteiger partial charge in [0, 0.05) is 39.1 Å². The average Bonchev–Trinajstić information content (AvgIpc) is 3.16. The summed E-state index contributed by atoms with van der Waals surface area (Å²) in [7, 11) is 0. The molecule has 4 rings (SSSR count). The van der Waals surface area contributed by atoms with Gasteiger partial charge >= 0.3 is 0 Å². The number of fused-ring (bicyclic) bond motifs is 1. The predicted octanol–water partition coefficient (Wildman–Crippen LogP) is 2.69. The van der Waals surface area contributed by atoms with E-state index >= 15 is 0 Å². The highest BCUT2D eigenvalue weighted by atomic mass is 19.1. The Morgan fingerprint density at radius 3 is 2.70 bits per heavy atom. The van der Waals surface area contributed by atoms with E-state index in [-0.39, 0.29) is 18.1 Å². The van der Waals surface area contributed by atoms with Crippen molar-refractivity contribution in [1.29, 1.82) is 0 Å². The fraction of sp³-hybridized carbons (Fsp3) is 0.409. The van der Waals surface area contributed by atoms with Crippen LogP contribution in [0.25, 0.3) is 0 Å². The number of nitrogens with zero attached hydrogens (tertiary/aromatic N) is 2. The summed E-state index contributed by atoms with van der Waals surface area (Å²) in [6.07, 6.45) is 2.16. The average molecular weight is 368 g/mol. The van der Waals surface area contributed by atoms with Crippen molar-refractivity contribution in [3.05, 3.63) is 65.0 Å². The number of benzene rings is 2. The molecule has 2 aromatic carbocycles. The highest BCUT2D eigenvalue weighted by Gasteiger charge is 2.22. The lowest BCUT2D eigenvalue weighted by atomic mass is 10.1. The molecule has 0 spiro atoms. The first-order chi connectivity index (χ1) is 13.2. The van der Waals surface area contributed by atoms with Crippen LogP contribution in [-0.2, 0) is 24.1 Å². The molecule has 2 heterocycles. The van der Waals surface area contributed by atoms with Crippen molar-refractivity contribution in [1.82, 2.24) is 9.80 Å². The minimum absolute atomic E-state index is 0.0124. The molecule has 0 radical (unpaired) electrons. The van der Waals surface area contributed by atoms with Crippen LogP contribution < -0.4 is 4.74 Å². The Labute approximate surface area is 159 Å². The zero-order valence-corrected chi connectivity index (χ0v) is 15.5. The van der Waals surface area contributed by atoms with E-state index in [9.17, 15) is 9.18 Å². The predicted molar refractivity (Wildman–Crippen MR) is 102 cm³/mol. The molecule has 27 heavy (non-hydrogen) atoms. The second-order valence-corrected chi connectivity index (χ2v) is 7.28. The van der Waals surface area contributed by atoms with E-state index in [4.69, 9.17) is 4.74 Å². The molecule has 4 nitrogen and oxygen atoms in total. The van der Waals surface area contributed by atoms with Crippen LogP contribution >= 0.6 is 0 Å². The fourth-order valence-electron chi connectivity index (χ4n) is 3.82. The molecule has 0 aromatic heterocycles. The van der Waals surface area contributed by atoms with Gasteiger partial charge in [-0.05, 0) is 35.2 Å². The smallest absolute Gasteiger partial charge is 0.227 e. The summed E-state index contributed by atoms with van der Waals surface area (Å²) in [5, 5.41) is 0. The van der Waals surface area contributed by atoms with Crippen LogP contribution in [0.2, 0.25) is 0 Å². The van der Waals surface area contributed by atoms with Crippen LogP contribution in [0, 0.1) is 5.82 Å². The van der Waals surface area contributed by atoms with Crippen molar-refractivity contribution in [2.45, 2.75) is 19.3 Å². The molecule has 2 aromatic rings. The molecule has 0 unspecified atom stereocenters. The first kappa shape index (κ1) is 18.0. The van der Waals surface area contributed by atoms with Crippen molar-refractivity contribution < 1.29 is 13.9 Å². The number of piperazine rings is 1. The van der Waals surface area contributed by atoms with E-state index in [0.29, 0.717) is 18.7 Å². The Morgan fingerprint density at radius 1 is 1.07 bits per heavy atom. The highest BCUT2D eigenvalue weighted by Crippen LogP contribution is 2.26. The molecule has 0 saturated carbocycles. The number of carbonyl (C=O) groups excluding carboxylic acids is 1. The maximum atomic E-state index is 13.7. The number of amides is 1. The molecule has 2 aliphatic rings. The highest BCUT2D eigenvalue weighted by molar-refractivity contribution is 5.79. The number of hydrogen-bond donors (Lipinski definition) is 0. The molecule has 0 bridgehead atoms. The molecule has 5 heteroatoms. The van der Waals surface area contributed by atoms with E-state index in [2.05, 4.69) is 23.1 Å². The van der Waals surface area contributed by atoms with E-state index in [1.807, 2.05) is 4.90 Å². The molecule has 0 atom stereocenters. The number of ether oxygens (including phenoxy) is 1. The molecule has 1 saturated heterocycles. The van der Waals surface area contributed by atoms with Gasteiger partial charge in [0.1, 0.15) is 11.6 Å². The summed E-state index contributed by atoms with van der Waals surface area (Å²) in [5.74, 6) is 0.739. The second-order valence-electron chi connectivity index (χ2n) is 7.28. The van der Waals surface area contributed by atoms with Gasteiger partial charge in [-0.25, -0.2) is 4.39 Å². The fourth-order valence-corrected chi connectivity index (χ4v) is 3.82. The number of hydrogen-bond acceptors (Lipinski definition) is 3. The lowest BCUT2D eigenvalue weighted by Gasteiger charge is -2.35. The van der Waals surface area contributed by atoms with Gasteiger partial charge in [-0.15, -0.1) is 0 Å². The van der Waals surface area contributed by atoms with Gasteiger partial charge in [0.05, 0.1) is 13.0 Å². The molecule has 1 fully saturated rings. The van der Waals surface area contributed by atoms with E-state index in [0.717, 1.165) is 44.8 Å². The molecule has 0 aliphatic carbocycles. The normalized spacial score (nSPS) is 16.9. The van der Waals surface area contributed by atoms with Gasteiger partial charge in [0.25, 0.3) is 0 Å². The van der Waals surface area contributed by atoms with E-state index in [1.54, 1.807) is 18.2 Å². The third-order valence-electron chi connectivity index (χ3n) is 5.50. The van der Waals surface area contributed by atoms with Crippen molar-refractivity contribution >= 4 is 5.91 Å². The summed E-state index contributed by atoms with van der Waals surface area (Å²) in [6.45, 7) is 4.96. The topological polar surface area (TPSA) is 32.8 Å². The molecular weight excluding hydrogens is 343 g/mol. The lowest BCUT2D eigenvalue weighted by Crippen LogP contribution is -2.49. The number of rotatable bonds is 5. The second kappa shape index (κ2) is 8.09. The van der Waals surface area contributed by atoms with Crippen LogP contribution in [0.1, 0.15) is 16.7 Å². The summed E-state index contributed by atoms with van der Waals surface area (Å²) < 4.78 is 19.3.